The van der Waals surface area contributed by atoms with E-state index in [1.54, 1.807) is 19.2 Å². The highest BCUT2D eigenvalue weighted by Crippen LogP contribution is 2.37. The van der Waals surface area contributed by atoms with Gasteiger partial charge < -0.3 is 19.5 Å². The van der Waals surface area contributed by atoms with E-state index in [-0.39, 0.29) is 11.9 Å². The van der Waals surface area contributed by atoms with E-state index in [4.69, 9.17) is 14.2 Å². The highest BCUT2D eigenvalue weighted by molar-refractivity contribution is 5.51. The number of fused-ring (bicyclic) bond motifs is 1. The van der Waals surface area contributed by atoms with Gasteiger partial charge in [0.25, 0.3) is 0 Å². The zero-order chi connectivity index (χ0) is 17.8. The first kappa shape index (κ1) is 17.5. The highest BCUT2D eigenvalue weighted by atomic mass is 19.1. The maximum absolute atomic E-state index is 14.5. The van der Waals surface area contributed by atoms with Crippen LogP contribution in [0.1, 0.15) is 36.6 Å². The van der Waals surface area contributed by atoms with E-state index in [9.17, 15) is 4.39 Å². The zero-order valence-corrected chi connectivity index (χ0v) is 15.0. The highest BCUT2D eigenvalue weighted by Gasteiger charge is 2.29. The third-order valence-corrected chi connectivity index (χ3v) is 4.49. The molecule has 2 N–H and O–H groups in total. The summed E-state index contributed by atoms with van der Waals surface area (Å²) in [6.07, 6.45) is 0.921. The Bertz CT molecular complexity index is 748. The lowest BCUT2D eigenvalue weighted by Crippen LogP contribution is -2.87. The van der Waals surface area contributed by atoms with Crippen LogP contribution in [-0.4, -0.2) is 26.9 Å². The average molecular weight is 346 g/mol. The molecule has 0 aliphatic carbocycles. The van der Waals surface area contributed by atoms with Crippen LogP contribution in [0.2, 0.25) is 0 Å². The molecule has 1 aliphatic rings. The predicted octanol–water partition coefficient (Wildman–Crippen LogP) is 2.84. The minimum atomic E-state index is -0.221. The van der Waals surface area contributed by atoms with Gasteiger partial charge in [-0.05, 0) is 49.7 Å². The van der Waals surface area contributed by atoms with Crippen molar-refractivity contribution in [3.8, 4) is 17.2 Å². The molecule has 4 nitrogen and oxygen atoms in total. The molecule has 3 rings (SSSR count). The van der Waals surface area contributed by atoms with Gasteiger partial charge in [-0.15, -0.1) is 0 Å². The fraction of sp³-hybridized carbons (Fsp3) is 0.400. The topological polar surface area (TPSA) is 44.3 Å². The van der Waals surface area contributed by atoms with Gasteiger partial charge in [-0.3, -0.25) is 0 Å². The van der Waals surface area contributed by atoms with E-state index in [0.29, 0.717) is 30.3 Å². The summed E-state index contributed by atoms with van der Waals surface area (Å²) in [7, 11) is 1.59. The van der Waals surface area contributed by atoms with Crippen molar-refractivity contribution in [1.29, 1.82) is 0 Å². The smallest absolute Gasteiger partial charge is 0.161 e. The molecule has 0 radical (unpaired) electrons. The summed E-state index contributed by atoms with van der Waals surface area (Å²) in [6, 6.07) is 8.82. The van der Waals surface area contributed by atoms with Crippen molar-refractivity contribution in [3.05, 3.63) is 52.8 Å². The first-order valence-electron chi connectivity index (χ1n) is 8.77. The molecule has 0 spiro atoms. The van der Waals surface area contributed by atoms with Gasteiger partial charge in [0.2, 0.25) is 0 Å². The van der Waals surface area contributed by atoms with Gasteiger partial charge in [-0.2, -0.15) is 0 Å². The molecule has 2 aromatic rings. The van der Waals surface area contributed by atoms with Crippen LogP contribution in [0.5, 0.6) is 17.2 Å². The van der Waals surface area contributed by atoms with Gasteiger partial charge in [-0.25, -0.2) is 4.39 Å². The Balaban J connectivity index is 2.08. The molecule has 2 aromatic carbocycles. The number of hydrogen-bond donors (Lipinski definition) is 1. The van der Waals surface area contributed by atoms with Crippen molar-refractivity contribution in [2.24, 2.45) is 0 Å². The third-order valence-electron chi connectivity index (χ3n) is 4.49. The number of rotatable bonds is 6. The van der Waals surface area contributed by atoms with Crippen LogP contribution in [0.3, 0.4) is 0 Å². The summed E-state index contributed by atoms with van der Waals surface area (Å²) in [6.45, 7) is 5.94. The Hall–Kier alpha value is -2.27. The van der Waals surface area contributed by atoms with Crippen molar-refractivity contribution >= 4 is 0 Å². The number of nitrogens with two attached hydrogens (primary N) is 1. The minimum absolute atomic E-state index is 0.117. The van der Waals surface area contributed by atoms with Crippen molar-refractivity contribution < 1.29 is 23.9 Å². The summed E-state index contributed by atoms with van der Waals surface area (Å²) >= 11 is 0. The van der Waals surface area contributed by atoms with E-state index in [1.807, 2.05) is 26.0 Å². The number of quaternary nitrogens is 1. The van der Waals surface area contributed by atoms with Crippen molar-refractivity contribution in [3.63, 3.8) is 0 Å². The molecule has 0 amide bonds. The second kappa shape index (κ2) is 7.74. The molecule has 5 heteroatoms. The lowest BCUT2D eigenvalue weighted by Gasteiger charge is -2.26. The fourth-order valence-electron chi connectivity index (χ4n) is 3.37. The van der Waals surface area contributed by atoms with Crippen molar-refractivity contribution in [2.75, 3.05) is 26.9 Å². The molecule has 1 atom stereocenters. The van der Waals surface area contributed by atoms with Crippen LogP contribution in [0.15, 0.2) is 30.3 Å². The van der Waals surface area contributed by atoms with Gasteiger partial charge in [0.1, 0.15) is 17.6 Å². The number of benzene rings is 2. The van der Waals surface area contributed by atoms with Crippen LogP contribution in [0.4, 0.5) is 4.39 Å². The summed E-state index contributed by atoms with van der Waals surface area (Å²) in [5.74, 6) is 1.91. The van der Waals surface area contributed by atoms with E-state index < -0.39 is 0 Å². The zero-order valence-electron chi connectivity index (χ0n) is 15.0. The van der Waals surface area contributed by atoms with E-state index in [0.717, 1.165) is 24.3 Å². The van der Waals surface area contributed by atoms with Crippen LogP contribution >= 0.6 is 0 Å². The second-order valence-electron chi connectivity index (χ2n) is 6.00. The molecule has 0 bridgehead atoms. The molecular weight excluding hydrogens is 321 g/mol. The van der Waals surface area contributed by atoms with E-state index >= 15 is 0 Å². The molecule has 25 heavy (non-hydrogen) atoms. The van der Waals surface area contributed by atoms with Gasteiger partial charge >= 0.3 is 0 Å². The van der Waals surface area contributed by atoms with Gasteiger partial charge in [0, 0.05) is 12.0 Å². The quantitative estimate of drug-likeness (QED) is 0.875. The number of methoxy groups -OCH3 is 1. The van der Waals surface area contributed by atoms with Gasteiger partial charge in [0.05, 0.1) is 32.4 Å². The number of ether oxygens (including phenoxy) is 3. The summed E-state index contributed by atoms with van der Waals surface area (Å²) < 4.78 is 31.3. The van der Waals surface area contributed by atoms with Crippen LogP contribution in [0.25, 0.3) is 0 Å². The molecule has 1 heterocycles. The fourth-order valence-corrected chi connectivity index (χ4v) is 3.37. The summed E-state index contributed by atoms with van der Waals surface area (Å²) in [5.41, 5.74) is 2.89. The maximum atomic E-state index is 14.5. The lowest BCUT2D eigenvalue weighted by molar-refractivity contribution is -0.690. The van der Waals surface area contributed by atoms with Crippen molar-refractivity contribution in [2.45, 2.75) is 26.3 Å². The SMILES string of the molecule is CCOc1cc2c(cc1OCC)[C@H](c1cc(OC)ccc1F)[NH2+]CC2. The van der Waals surface area contributed by atoms with E-state index in [1.165, 1.54) is 11.6 Å². The predicted molar refractivity (Wildman–Crippen MR) is 94.1 cm³/mol. The third kappa shape index (κ3) is 3.56. The molecule has 0 fully saturated rings. The largest absolute Gasteiger partial charge is 0.497 e. The Kier molecular flexibility index (Phi) is 5.43. The Morgan fingerprint density at radius 1 is 1.04 bits per heavy atom. The lowest BCUT2D eigenvalue weighted by atomic mass is 9.89. The first-order chi connectivity index (χ1) is 12.2. The van der Waals surface area contributed by atoms with Gasteiger partial charge in [0.15, 0.2) is 11.5 Å². The molecule has 0 aromatic heterocycles. The molecule has 0 saturated heterocycles. The van der Waals surface area contributed by atoms with Gasteiger partial charge in [-0.1, -0.05) is 0 Å². The molecule has 1 aliphatic heterocycles. The second-order valence-corrected chi connectivity index (χ2v) is 6.00. The Labute approximate surface area is 147 Å². The molecule has 0 saturated carbocycles. The Morgan fingerprint density at radius 3 is 2.44 bits per heavy atom. The standard InChI is InChI=1S/C20H24FNO3/c1-4-24-18-10-13-8-9-22-20(15(13)12-19(18)25-5-2)16-11-14(23-3)6-7-17(16)21/h6-7,10-12,20,22H,4-5,8-9H2,1-3H3/p+1/t20-/m1/s1. The number of halogens is 1. The molecule has 134 valence electrons. The maximum Gasteiger partial charge on any atom is 0.161 e. The molecular formula is C20H25FNO3+. The normalized spacial score (nSPS) is 16.2. The average Bonchev–Trinajstić information content (AvgIpc) is 2.63. The van der Waals surface area contributed by atoms with Crippen LogP contribution in [-0.2, 0) is 6.42 Å². The van der Waals surface area contributed by atoms with Crippen LogP contribution < -0.4 is 19.5 Å². The Morgan fingerprint density at radius 2 is 1.76 bits per heavy atom. The van der Waals surface area contributed by atoms with E-state index in [2.05, 4.69) is 5.32 Å². The summed E-state index contributed by atoms with van der Waals surface area (Å²) in [5, 5.41) is 2.16. The van der Waals surface area contributed by atoms with Crippen LogP contribution in [0, 0.1) is 5.82 Å². The minimum Gasteiger partial charge on any atom is -0.497 e. The first-order valence-corrected chi connectivity index (χ1v) is 8.77. The monoisotopic (exact) mass is 346 g/mol. The number of hydrogen-bond acceptors (Lipinski definition) is 3. The molecule has 0 unspecified atom stereocenters. The van der Waals surface area contributed by atoms with Crippen molar-refractivity contribution in [1.82, 2.24) is 0 Å². The summed E-state index contributed by atoms with van der Waals surface area (Å²) in [4.78, 5) is 0.